The van der Waals surface area contributed by atoms with Crippen molar-refractivity contribution in [1.82, 2.24) is 9.97 Å². The van der Waals surface area contributed by atoms with Crippen molar-refractivity contribution in [2.24, 2.45) is 0 Å². The summed E-state index contributed by atoms with van der Waals surface area (Å²) < 4.78 is 1.08. The van der Waals surface area contributed by atoms with Gasteiger partial charge in [-0.1, -0.05) is 22.0 Å². The van der Waals surface area contributed by atoms with Crippen LogP contribution in [0.2, 0.25) is 0 Å². The van der Waals surface area contributed by atoms with Crippen LogP contribution in [0.4, 0.5) is 0 Å². The Morgan fingerprint density at radius 3 is 3.00 bits per heavy atom. The molecule has 0 aliphatic rings. The van der Waals surface area contributed by atoms with Crippen LogP contribution in [0.25, 0.3) is 21.9 Å². The van der Waals surface area contributed by atoms with Gasteiger partial charge in [0.15, 0.2) is 0 Å². The molecule has 14 heavy (non-hydrogen) atoms. The lowest BCUT2D eigenvalue weighted by molar-refractivity contribution is 1.35. The van der Waals surface area contributed by atoms with E-state index < -0.39 is 0 Å². The molecule has 2 nitrogen and oxygen atoms in total. The molecular formula is C11H7BrN2. The van der Waals surface area contributed by atoms with Crippen LogP contribution in [0.15, 0.2) is 41.0 Å². The molecule has 1 N–H and O–H groups in total. The summed E-state index contributed by atoms with van der Waals surface area (Å²) in [6, 6.07) is 10.2. The molecule has 0 aliphatic heterocycles. The maximum atomic E-state index is 4.28. The van der Waals surface area contributed by atoms with E-state index in [1.807, 2.05) is 12.1 Å². The molecule has 0 bridgehead atoms. The van der Waals surface area contributed by atoms with Crippen molar-refractivity contribution in [3.8, 4) is 0 Å². The van der Waals surface area contributed by atoms with Gasteiger partial charge in [0.1, 0.15) is 5.65 Å². The van der Waals surface area contributed by atoms with Crippen LogP contribution in [0.5, 0.6) is 0 Å². The molecular weight excluding hydrogens is 240 g/mol. The van der Waals surface area contributed by atoms with Gasteiger partial charge in [-0.3, -0.25) is 0 Å². The van der Waals surface area contributed by atoms with E-state index in [0.717, 1.165) is 15.6 Å². The van der Waals surface area contributed by atoms with Gasteiger partial charge in [0, 0.05) is 27.0 Å². The lowest BCUT2D eigenvalue weighted by atomic mass is 10.2. The van der Waals surface area contributed by atoms with Crippen molar-refractivity contribution < 1.29 is 0 Å². The Hall–Kier alpha value is -1.35. The molecule has 0 aliphatic carbocycles. The number of nitrogens with zero attached hydrogens (tertiary/aromatic N) is 1. The summed E-state index contributed by atoms with van der Waals surface area (Å²) in [7, 11) is 0. The first-order valence-corrected chi connectivity index (χ1v) is 5.16. The van der Waals surface area contributed by atoms with Gasteiger partial charge in [-0.15, -0.1) is 0 Å². The van der Waals surface area contributed by atoms with Crippen LogP contribution in [-0.2, 0) is 0 Å². The van der Waals surface area contributed by atoms with Crippen molar-refractivity contribution in [3.05, 3.63) is 41.0 Å². The van der Waals surface area contributed by atoms with Gasteiger partial charge in [-0.05, 0) is 24.3 Å². The Balaban J connectivity index is 2.57. The van der Waals surface area contributed by atoms with E-state index in [-0.39, 0.29) is 0 Å². The maximum absolute atomic E-state index is 4.28. The van der Waals surface area contributed by atoms with Gasteiger partial charge in [-0.25, -0.2) is 4.98 Å². The van der Waals surface area contributed by atoms with Gasteiger partial charge in [0.2, 0.25) is 0 Å². The summed E-state index contributed by atoms with van der Waals surface area (Å²) in [5.74, 6) is 0. The average molecular weight is 247 g/mol. The second-order valence-electron chi connectivity index (χ2n) is 3.21. The zero-order chi connectivity index (χ0) is 9.54. The molecule has 0 radical (unpaired) electrons. The summed E-state index contributed by atoms with van der Waals surface area (Å²) >= 11 is 3.45. The number of benzene rings is 1. The molecule has 68 valence electrons. The molecule has 3 aromatic rings. The molecule has 0 saturated carbocycles. The predicted molar refractivity (Wildman–Crippen MR) is 61.3 cm³/mol. The second kappa shape index (κ2) is 2.82. The molecule has 0 fully saturated rings. The van der Waals surface area contributed by atoms with Crippen molar-refractivity contribution >= 4 is 37.9 Å². The minimum absolute atomic E-state index is 0.945. The largest absolute Gasteiger partial charge is 0.339 e. The molecule has 1 aromatic carbocycles. The molecule has 0 amide bonds. The summed E-state index contributed by atoms with van der Waals surface area (Å²) in [6.45, 7) is 0. The Kier molecular flexibility index (Phi) is 1.61. The fraction of sp³-hybridized carbons (Fsp3) is 0. The zero-order valence-electron chi connectivity index (χ0n) is 7.29. The molecule has 3 rings (SSSR count). The molecule has 2 heterocycles. The Morgan fingerprint density at radius 2 is 2.07 bits per heavy atom. The summed E-state index contributed by atoms with van der Waals surface area (Å²) in [4.78, 5) is 7.55. The standard InChI is InChI=1S/C11H7BrN2/c12-7-3-4-8-9-2-1-5-13-11(9)14-10(8)6-7/h1-6H,(H,13,14). The first-order chi connectivity index (χ1) is 6.84. The fourth-order valence-corrected chi connectivity index (χ4v) is 2.07. The topological polar surface area (TPSA) is 28.7 Å². The van der Waals surface area contributed by atoms with Crippen molar-refractivity contribution in [2.45, 2.75) is 0 Å². The number of rotatable bonds is 0. The third kappa shape index (κ3) is 1.06. The van der Waals surface area contributed by atoms with Crippen LogP contribution >= 0.6 is 15.9 Å². The Bertz CT molecular complexity index is 613. The summed E-state index contributed by atoms with van der Waals surface area (Å²) in [6.07, 6.45) is 1.80. The van der Waals surface area contributed by atoms with Crippen molar-refractivity contribution in [1.29, 1.82) is 0 Å². The van der Waals surface area contributed by atoms with Crippen LogP contribution in [-0.4, -0.2) is 9.97 Å². The number of halogens is 1. The number of hydrogen-bond acceptors (Lipinski definition) is 1. The van der Waals surface area contributed by atoms with Crippen molar-refractivity contribution in [2.75, 3.05) is 0 Å². The number of aromatic nitrogens is 2. The highest BCUT2D eigenvalue weighted by Crippen LogP contribution is 2.25. The second-order valence-corrected chi connectivity index (χ2v) is 4.13. The smallest absolute Gasteiger partial charge is 0.138 e. The minimum Gasteiger partial charge on any atom is -0.339 e. The van der Waals surface area contributed by atoms with Gasteiger partial charge >= 0.3 is 0 Å². The van der Waals surface area contributed by atoms with Gasteiger partial charge in [0.05, 0.1) is 0 Å². The molecule has 0 saturated heterocycles. The summed E-state index contributed by atoms with van der Waals surface area (Å²) in [5.41, 5.74) is 2.06. The first kappa shape index (κ1) is 8.00. The normalized spacial score (nSPS) is 11.2. The summed E-state index contributed by atoms with van der Waals surface area (Å²) in [5, 5.41) is 2.39. The lowest BCUT2D eigenvalue weighted by Gasteiger charge is -1.90. The van der Waals surface area contributed by atoms with Crippen molar-refractivity contribution in [3.63, 3.8) is 0 Å². The number of pyridine rings is 1. The number of hydrogen-bond donors (Lipinski definition) is 1. The fourth-order valence-electron chi connectivity index (χ4n) is 1.70. The number of aromatic amines is 1. The number of fused-ring (bicyclic) bond motifs is 3. The number of H-pyrrole nitrogens is 1. The van der Waals surface area contributed by atoms with E-state index in [0.29, 0.717) is 0 Å². The van der Waals surface area contributed by atoms with E-state index in [1.54, 1.807) is 6.20 Å². The molecule has 0 unspecified atom stereocenters. The molecule has 0 spiro atoms. The van der Waals surface area contributed by atoms with E-state index >= 15 is 0 Å². The Labute approximate surface area is 89.1 Å². The van der Waals surface area contributed by atoms with Gasteiger partial charge < -0.3 is 4.98 Å². The monoisotopic (exact) mass is 246 g/mol. The van der Waals surface area contributed by atoms with E-state index in [4.69, 9.17) is 0 Å². The number of nitrogens with one attached hydrogen (secondary N) is 1. The van der Waals surface area contributed by atoms with Gasteiger partial charge in [-0.2, -0.15) is 0 Å². The van der Waals surface area contributed by atoms with E-state index in [1.165, 1.54) is 10.8 Å². The lowest BCUT2D eigenvalue weighted by Crippen LogP contribution is -1.71. The predicted octanol–water partition coefficient (Wildman–Crippen LogP) is 3.48. The van der Waals surface area contributed by atoms with Gasteiger partial charge in [0.25, 0.3) is 0 Å². The molecule has 3 heteroatoms. The molecule has 2 aromatic heterocycles. The third-order valence-corrected chi connectivity index (χ3v) is 2.83. The van der Waals surface area contributed by atoms with Crippen LogP contribution < -0.4 is 0 Å². The van der Waals surface area contributed by atoms with Crippen LogP contribution in [0, 0.1) is 0 Å². The molecule has 0 atom stereocenters. The van der Waals surface area contributed by atoms with Crippen LogP contribution in [0.1, 0.15) is 0 Å². The highest BCUT2D eigenvalue weighted by atomic mass is 79.9. The highest BCUT2D eigenvalue weighted by molar-refractivity contribution is 9.10. The SMILES string of the molecule is Brc1ccc2c(c1)[nH]c1ncccc12. The quantitative estimate of drug-likeness (QED) is 0.647. The average Bonchev–Trinajstić information content (AvgIpc) is 2.54. The maximum Gasteiger partial charge on any atom is 0.138 e. The highest BCUT2D eigenvalue weighted by Gasteiger charge is 2.03. The van der Waals surface area contributed by atoms with E-state index in [2.05, 4.69) is 44.1 Å². The van der Waals surface area contributed by atoms with E-state index in [9.17, 15) is 0 Å². The first-order valence-electron chi connectivity index (χ1n) is 4.36. The zero-order valence-corrected chi connectivity index (χ0v) is 8.88. The minimum atomic E-state index is 0.945. The van der Waals surface area contributed by atoms with Crippen LogP contribution in [0.3, 0.4) is 0 Å². The third-order valence-electron chi connectivity index (χ3n) is 2.33. The Morgan fingerprint density at radius 1 is 1.14 bits per heavy atom.